The predicted octanol–water partition coefficient (Wildman–Crippen LogP) is 1.75. The van der Waals surface area contributed by atoms with Crippen LogP contribution >= 0.6 is 11.6 Å². The van der Waals surface area contributed by atoms with Gasteiger partial charge in [-0.15, -0.1) is 0 Å². The van der Waals surface area contributed by atoms with E-state index < -0.39 is 6.04 Å². The lowest BCUT2D eigenvalue weighted by atomic mass is 10.1. The standard InChI is InChI=1S/C13H19ClN4O2/c1-17(2)6-7-18-13(10(19-3)8-16-18)12(15)9-4-5-11(14)20-9/h4-5,8,12H,6-7,15H2,1-3H3. The Kier molecular flexibility index (Phi) is 4.69. The molecule has 0 fully saturated rings. The molecule has 0 bridgehead atoms. The minimum absolute atomic E-state index is 0.314. The Labute approximate surface area is 123 Å². The van der Waals surface area contributed by atoms with Crippen molar-refractivity contribution in [1.82, 2.24) is 14.7 Å². The molecule has 2 heterocycles. The maximum Gasteiger partial charge on any atom is 0.193 e. The van der Waals surface area contributed by atoms with Crippen LogP contribution in [0.1, 0.15) is 17.5 Å². The first-order chi connectivity index (χ1) is 9.52. The maximum atomic E-state index is 6.25. The van der Waals surface area contributed by atoms with Gasteiger partial charge in [-0.1, -0.05) is 0 Å². The lowest BCUT2D eigenvalue weighted by molar-refractivity contribution is 0.359. The van der Waals surface area contributed by atoms with Crippen molar-refractivity contribution >= 4 is 11.6 Å². The minimum atomic E-state index is -0.470. The molecule has 0 radical (unpaired) electrons. The average molecular weight is 299 g/mol. The summed E-state index contributed by atoms with van der Waals surface area (Å²) in [5, 5.41) is 4.64. The molecule has 7 heteroatoms. The number of methoxy groups -OCH3 is 1. The molecule has 20 heavy (non-hydrogen) atoms. The van der Waals surface area contributed by atoms with Crippen LogP contribution in [-0.2, 0) is 6.54 Å². The van der Waals surface area contributed by atoms with E-state index >= 15 is 0 Å². The molecule has 2 aromatic rings. The Bertz CT molecular complexity index is 564. The van der Waals surface area contributed by atoms with Crippen LogP contribution in [0, 0.1) is 0 Å². The molecule has 0 spiro atoms. The highest BCUT2D eigenvalue weighted by Gasteiger charge is 2.23. The number of furan rings is 1. The molecule has 0 aliphatic rings. The molecule has 0 aliphatic carbocycles. The topological polar surface area (TPSA) is 69.5 Å². The summed E-state index contributed by atoms with van der Waals surface area (Å²) in [6.45, 7) is 1.57. The van der Waals surface area contributed by atoms with Gasteiger partial charge in [-0.05, 0) is 37.8 Å². The fourth-order valence-electron chi connectivity index (χ4n) is 1.95. The second-order valence-electron chi connectivity index (χ2n) is 4.74. The lowest BCUT2D eigenvalue weighted by Gasteiger charge is -2.16. The molecule has 0 aromatic carbocycles. The van der Waals surface area contributed by atoms with Gasteiger partial charge in [0.15, 0.2) is 11.0 Å². The van der Waals surface area contributed by atoms with E-state index in [0.29, 0.717) is 23.3 Å². The van der Waals surface area contributed by atoms with E-state index in [4.69, 9.17) is 26.5 Å². The average Bonchev–Trinajstić information content (AvgIpc) is 3.01. The van der Waals surface area contributed by atoms with Crippen molar-refractivity contribution in [2.45, 2.75) is 12.6 Å². The third kappa shape index (κ3) is 3.15. The molecule has 2 rings (SSSR count). The molecule has 2 N–H and O–H groups in total. The second-order valence-corrected chi connectivity index (χ2v) is 5.12. The maximum absolute atomic E-state index is 6.25. The number of nitrogens with two attached hydrogens (primary N) is 1. The monoisotopic (exact) mass is 298 g/mol. The van der Waals surface area contributed by atoms with E-state index in [-0.39, 0.29) is 0 Å². The number of rotatable bonds is 6. The van der Waals surface area contributed by atoms with Crippen molar-refractivity contribution in [1.29, 1.82) is 0 Å². The van der Waals surface area contributed by atoms with Gasteiger partial charge in [-0.2, -0.15) is 5.10 Å². The van der Waals surface area contributed by atoms with Crippen LogP contribution in [0.25, 0.3) is 0 Å². The molecule has 0 aliphatic heterocycles. The minimum Gasteiger partial charge on any atom is -0.493 e. The first-order valence-corrected chi connectivity index (χ1v) is 6.66. The largest absolute Gasteiger partial charge is 0.493 e. The van der Waals surface area contributed by atoms with Gasteiger partial charge >= 0.3 is 0 Å². The van der Waals surface area contributed by atoms with Crippen LogP contribution in [0.15, 0.2) is 22.7 Å². The summed E-state index contributed by atoms with van der Waals surface area (Å²) >= 11 is 5.80. The number of nitrogens with zero attached hydrogens (tertiary/aromatic N) is 3. The summed E-state index contributed by atoms with van der Waals surface area (Å²) in [4.78, 5) is 2.08. The van der Waals surface area contributed by atoms with Crippen LogP contribution in [0.3, 0.4) is 0 Å². The van der Waals surface area contributed by atoms with Crippen LogP contribution in [0.4, 0.5) is 0 Å². The van der Waals surface area contributed by atoms with Crippen LogP contribution in [0.2, 0.25) is 5.22 Å². The molecule has 110 valence electrons. The van der Waals surface area contributed by atoms with E-state index in [1.807, 2.05) is 18.8 Å². The fourth-order valence-corrected chi connectivity index (χ4v) is 2.10. The first kappa shape index (κ1) is 14.9. The fraction of sp³-hybridized carbons (Fsp3) is 0.462. The van der Waals surface area contributed by atoms with E-state index in [1.54, 1.807) is 25.4 Å². The van der Waals surface area contributed by atoms with Gasteiger partial charge in [0.2, 0.25) is 0 Å². The van der Waals surface area contributed by atoms with Crippen LogP contribution in [-0.4, -0.2) is 42.4 Å². The third-order valence-corrected chi connectivity index (χ3v) is 3.22. The Hall–Kier alpha value is -1.50. The first-order valence-electron chi connectivity index (χ1n) is 6.28. The van der Waals surface area contributed by atoms with Gasteiger partial charge in [0.05, 0.1) is 19.9 Å². The van der Waals surface area contributed by atoms with Gasteiger partial charge in [-0.25, -0.2) is 0 Å². The number of likely N-dealkylation sites (N-methyl/N-ethyl adjacent to an activating group) is 1. The number of ether oxygens (including phenoxy) is 1. The van der Waals surface area contributed by atoms with E-state index in [1.165, 1.54) is 0 Å². The van der Waals surface area contributed by atoms with Crippen molar-refractivity contribution in [3.8, 4) is 5.75 Å². The van der Waals surface area contributed by atoms with Crippen LogP contribution in [0.5, 0.6) is 5.75 Å². The summed E-state index contributed by atoms with van der Waals surface area (Å²) in [5.74, 6) is 1.23. The number of halogens is 1. The summed E-state index contributed by atoms with van der Waals surface area (Å²) in [6.07, 6.45) is 1.66. The second kappa shape index (κ2) is 6.30. The summed E-state index contributed by atoms with van der Waals surface area (Å²) in [6, 6.07) is 2.96. The van der Waals surface area contributed by atoms with Crippen LogP contribution < -0.4 is 10.5 Å². The van der Waals surface area contributed by atoms with Gasteiger partial charge in [0.25, 0.3) is 0 Å². The van der Waals surface area contributed by atoms with Crippen molar-refractivity contribution < 1.29 is 9.15 Å². The molecule has 0 saturated carbocycles. The Balaban J connectivity index is 2.30. The Morgan fingerprint density at radius 1 is 1.50 bits per heavy atom. The highest BCUT2D eigenvalue weighted by molar-refractivity contribution is 6.28. The normalized spacial score (nSPS) is 12.9. The zero-order valence-electron chi connectivity index (χ0n) is 11.8. The SMILES string of the molecule is COc1cnn(CCN(C)C)c1C(N)c1ccc(Cl)o1. The highest BCUT2D eigenvalue weighted by atomic mass is 35.5. The highest BCUT2D eigenvalue weighted by Crippen LogP contribution is 2.30. The van der Waals surface area contributed by atoms with E-state index in [9.17, 15) is 0 Å². The van der Waals surface area contributed by atoms with Gasteiger partial charge in [-0.3, -0.25) is 4.68 Å². The molecule has 0 amide bonds. The Morgan fingerprint density at radius 2 is 2.25 bits per heavy atom. The van der Waals surface area contributed by atoms with Gasteiger partial charge in [0.1, 0.15) is 17.5 Å². The third-order valence-electron chi connectivity index (χ3n) is 3.02. The molecule has 2 aromatic heterocycles. The molecular formula is C13H19ClN4O2. The van der Waals surface area contributed by atoms with Gasteiger partial charge in [0, 0.05) is 6.54 Å². The van der Waals surface area contributed by atoms with Gasteiger partial charge < -0.3 is 19.8 Å². The number of aromatic nitrogens is 2. The lowest BCUT2D eigenvalue weighted by Crippen LogP contribution is -2.23. The van der Waals surface area contributed by atoms with E-state index in [2.05, 4.69) is 10.00 Å². The summed E-state index contributed by atoms with van der Waals surface area (Å²) < 4.78 is 12.5. The van der Waals surface area contributed by atoms with Crippen molar-refractivity contribution in [3.63, 3.8) is 0 Å². The molecule has 0 saturated heterocycles. The van der Waals surface area contributed by atoms with E-state index in [0.717, 1.165) is 12.2 Å². The molecule has 6 nitrogen and oxygen atoms in total. The summed E-state index contributed by atoms with van der Waals surface area (Å²) in [5.41, 5.74) is 7.03. The zero-order valence-corrected chi connectivity index (χ0v) is 12.6. The predicted molar refractivity (Wildman–Crippen MR) is 77.1 cm³/mol. The molecular weight excluding hydrogens is 280 g/mol. The number of hydrogen-bond acceptors (Lipinski definition) is 5. The number of hydrogen-bond donors (Lipinski definition) is 1. The summed E-state index contributed by atoms with van der Waals surface area (Å²) in [7, 11) is 5.61. The van der Waals surface area contributed by atoms with Crippen molar-refractivity contribution in [2.24, 2.45) is 5.73 Å². The zero-order chi connectivity index (χ0) is 14.7. The smallest absolute Gasteiger partial charge is 0.193 e. The van der Waals surface area contributed by atoms with Crippen molar-refractivity contribution in [2.75, 3.05) is 27.7 Å². The van der Waals surface area contributed by atoms with Crippen molar-refractivity contribution in [3.05, 3.63) is 35.0 Å². The molecule has 1 atom stereocenters. The molecule has 1 unspecified atom stereocenters. The Morgan fingerprint density at radius 3 is 2.80 bits per heavy atom. The quantitative estimate of drug-likeness (QED) is 0.880.